The molecule has 0 bridgehead atoms. The molecule has 1 heterocycles. The van der Waals surface area contributed by atoms with E-state index in [-0.39, 0.29) is 49.7 Å². The number of aliphatic carboxylic acids is 2. The first-order valence-corrected chi connectivity index (χ1v) is 22.7. The molecule has 9 atom stereocenters. The fourth-order valence-electron chi connectivity index (χ4n) is 7.09. The van der Waals surface area contributed by atoms with E-state index in [0.29, 0.717) is 12.0 Å². The molecule has 1 aromatic rings. The fraction of sp³-hybridized carbons (Fsp3) is 0.532. The number of methoxy groups -OCH3 is 1. The molecule has 1 fully saturated rings. The van der Waals surface area contributed by atoms with Crippen molar-refractivity contribution in [1.82, 2.24) is 37.2 Å². The van der Waals surface area contributed by atoms with Gasteiger partial charge in [0.05, 0.1) is 30.2 Å². The fourth-order valence-corrected chi connectivity index (χ4v) is 7.09. The number of allylic oxidation sites excluding steroid dienone is 2. The third-order valence-corrected chi connectivity index (χ3v) is 11.0. The number of carbonyl (C=O) groups is 9. The first-order valence-electron chi connectivity index (χ1n) is 22.7. The number of hydrogen-bond acceptors (Lipinski definition) is 11. The van der Waals surface area contributed by atoms with Crippen molar-refractivity contribution >= 4 is 59.2 Å². The number of nitrogens with zero attached hydrogens (tertiary/aromatic N) is 1. The lowest BCUT2D eigenvalue weighted by molar-refractivity contribution is -0.144. The third-order valence-electron chi connectivity index (χ3n) is 11.0. The molecule has 13 N–H and O–H groups in total. The number of hydrogen-bond donors (Lipinski definition) is 11. The van der Waals surface area contributed by atoms with Crippen LogP contribution in [0, 0.1) is 17.8 Å². The second-order valence-corrected chi connectivity index (χ2v) is 17.4. The second-order valence-electron chi connectivity index (χ2n) is 17.4. The number of amides is 7. The Morgan fingerprint density at radius 1 is 0.841 bits per heavy atom. The predicted molar refractivity (Wildman–Crippen MR) is 255 cm³/mol. The van der Waals surface area contributed by atoms with Crippen molar-refractivity contribution in [3.63, 3.8) is 0 Å². The lowest BCUT2D eigenvalue weighted by atomic mass is 9.94. The smallest absolute Gasteiger partial charge is 0.326 e. The van der Waals surface area contributed by atoms with Crippen LogP contribution in [0.1, 0.15) is 85.6 Å². The van der Waals surface area contributed by atoms with Crippen LogP contribution < -0.4 is 48.7 Å². The zero-order valence-corrected chi connectivity index (χ0v) is 40.3. The van der Waals surface area contributed by atoms with Crippen molar-refractivity contribution in [2.24, 2.45) is 34.2 Å². The number of carbonyl (C=O) groups excluding carboxylic acids is 7. The maximum Gasteiger partial charge on any atom is 0.326 e. The Morgan fingerprint density at radius 3 is 2.06 bits per heavy atom. The van der Waals surface area contributed by atoms with Gasteiger partial charge in [-0.2, -0.15) is 0 Å². The van der Waals surface area contributed by atoms with Gasteiger partial charge in [0.1, 0.15) is 30.2 Å². The molecule has 0 spiro atoms. The predicted octanol–water partition coefficient (Wildman–Crippen LogP) is 0.0302. The van der Waals surface area contributed by atoms with Gasteiger partial charge in [-0.3, -0.25) is 38.6 Å². The molecule has 22 nitrogen and oxygen atoms in total. The van der Waals surface area contributed by atoms with Gasteiger partial charge in [-0.25, -0.2) is 9.59 Å². The molecule has 380 valence electrons. The van der Waals surface area contributed by atoms with Crippen LogP contribution in [0.2, 0.25) is 0 Å². The summed E-state index contributed by atoms with van der Waals surface area (Å²) in [5.41, 5.74) is 12.2. The largest absolute Gasteiger partial charge is 0.480 e. The number of nitrogens with one attached hydrogen (secondary N) is 7. The SMILES string of the molecule is C=C1NC(=O)CC[C@H](C(=O)O)NC(=O)[C@@H](C)C(/C=C/C(C)=C/[C@H](C)[C@H](Cc2ccccc2)OC)NC(=O)C(CCCN=C(N)N)NC(=O)CC(C(=O)O)NC(=O)[C@H](CC(C)C)NC(=O)[C@@H](C)NC1=O. The summed E-state index contributed by atoms with van der Waals surface area (Å²) in [5.74, 6) is -11.2. The summed E-state index contributed by atoms with van der Waals surface area (Å²) in [6.45, 7) is 13.5. The molecule has 69 heavy (non-hydrogen) atoms. The maximum atomic E-state index is 14.2. The molecular formula is C47H70N10O12. The normalized spacial score (nSPS) is 24.5. The summed E-state index contributed by atoms with van der Waals surface area (Å²) in [6.07, 6.45) is 3.74. The van der Waals surface area contributed by atoms with Crippen molar-refractivity contribution in [1.29, 1.82) is 0 Å². The van der Waals surface area contributed by atoms with E-state index < -0.39 is 120 Å². The molecular weight excluding hydrogens is 897 g/mol. The lowest BCUT2D eigenvalue weighted by Crippen LogP contribution is -2.57. The number of aliphatic imine (C=N–C) groups is 1. The monoisotopic (exact) mass is 967 g/mol. The number of nitrogens with two attached hydrogens (primary N) is 2. The van der Waals surface area contributed by atoms with Crippen LogP contribution >= 0.6 is 0 Å². The Balaban J connectivity index is 2.66. The van der Waals surface area contributed by atoms with Crippen LogP contribution in [0.3, 0.4) is 0 Å². The van der Waals surface area contributed by atoms with Gasteiger partial charge >= 0.3 is 11.9 Å². The molecule has 1 aliphatic heterocycles. The first-order chi connectivity index (χ1) is 32.4. The quantitative estimate of drug-likeness (QED) is 0.0364. The van der Waals surface area contributed by atoms with Crippen LogP contribution in [0.5, 0.6) is 0 Å². The second kappa shape index (κ2) is 28.9. The van der Waals surface area contributed by atoms with Gasteiger partial charge in [0.15, 0.2) is 5.96 Å². The molecule has 1 saturated heterocycles. The number of carboxylic acid groups (broad SMARTS) is 2. The van der Waals surface area contributed by atoms with Gasteiger partial charge in [-0.1, -0.05) is 88.4 Å². The Bertz CT molecular complexity index is 2090. The average Bonchev–Trinajstić information content (AvgIpc) is 3.27. The summed E-state index contributed by atoms with van der Waals surface area (Å²) in [4.78, 5) is 123. The Hall–Kier alpha value is -7.10. The van der Waals surface area contributed by atoms with E-state index in [2.05, 4.69) is 48.8 Å². The molecule has 2 rings (SSSR count). The molecule has 1 aliphatic rings. The van der Waals surface area contributed by atoms with Crippen LogP contribution in [0.25, 0.3) is 0 Å². The van der Waals surface area contributed by atoms with E-state index in [9.17, 15) is 53.4 Å². The zero-order valence-electron chi connectivity index (χ0n) is 40.3. The highest BCUT2D eigenvalue weighted by Crippen LogP contribution is 2.18. The van der Waals surface area contributed by atoms with Crippen LogP contribution in [-0.2, 0) is 54.3 Å². The third kappa shape index (κ3) is 21.2. The number of ether oxygens (including phenoxy) is 1. The minimum absolute atomic E-state index is 0.0105. The van der Waals surface area contributed by atoms with E-state index >= 15 is 0 Å². The van der Waals surface area contributed by atoms with Gasteiger partial charge in [0, 0.05) is 26.0 Å². The van der Waals surface area contributed by atoms with Gasteiger partial charge in [-0.15, -0.1) is 0 Å². The Morgan fingerprint density at radius 2 is 1.46 bits per heavy atom. The molecule has 0 aromatic heterocycles. The Kier molecular flexibility index (Phi) is 24.3. The van der Waals surface area contributed by atoms with Crippen molar-refractivity contribution in [2.75, 3.05) is 13.7 Å². The van der Waals surface area contributed by atoms with Gasteiger partial charge in [-0.05, 0) is 57.4 Å². The highest BCUT2D eigenvalue weighted by Gasteiger charge is 2.34. The van der Waals surface area contributed by atoms with E-state index in [1.54, 1.807) is 34.0 Å². The number of guanidine groups is 1. The summed E-state index contributed by atoms with van der Waals surface area (Å²) in [7, 11) is 1.61. The van der Waals surface area contributed by atoms with Crippen molar-refractivity contribution < 1.29 is 58.1 Å². The lowest BCUT2D eigenvalue weighted by Gasteiger charge is -2.27. The van der Waals surface area contributed by atoms with Crippen LogP contribution in [-0.4, -0.2) is 125 Å². The highest BCUT2D eigenvalue weighted by molar-refractivity contribution is 6.00. The van der Waals surface area contributed by atoms with E-state index in [4.69, 9.17) is 16.2 Å². The van der Waals surface area contributed by atoms with Crippen LogP contribution in [0.15, 0.2) is 71.4 Å². The van der Waals surface area contributed by atoms with E-state index in [1.807, 2.05) is 43.3 Å². The summed E-state index contributed by atoms with van der Waals surface area (Å²) in [5, 5.41) is 37.2. The van der Waals surface area contributed by atoms with Crippen molar-refractivity contribution in [2.45, 2.75) is 129 Å². The van der Waals surface area contributed by atoms with Gasteiger partial charge in [0.25, 0.3) is 5.91 Å². The number of benzene rings is 1. The molecule has 0 radical (unpaired) electrons. The molecule has 0 aliphatic carbocycles. The Labute approximate surface area is 402 Å². The highest BCUT2D eigenvalue weighted by atomic mass is 16.5. The molecule has 7 amide bonds. The van der Waals surface area contributed by atoms with Gasteiger partial charge in [0.2, 0.25) is 35.4 Å². The minimum atomic E-state index is -1.85. The molecule has 3 unspecified atom stereocenters. The van der Waals surface area contributed by atoms with Gasteiger partial charge < -0.3 is 63.6 Å². The molecule has 0 saturated carbocycles. The topological polar surface area (TPSA) is 352 Å². The number of rotatable bonds is 15. The summed E-state index contributed by atoms with van der Waals surface area (Å²) >= 11 is 0. The summed E-state index contributed by atoms with van der Waals surface area (Å²) < 4.78 is 5.80. The summed E-state index contributed by atoms with van der Waals surface area (Å²) in [6, 6.07) is 1.06. The van der Waals surface area contributed by atoms with E-state index in [0.717, 1.165) is 5.56 Å². The molecule has 22 heteroatoms. The van der Waals surface area contributed by atoms with Crippen molar-refractivity contribution in [3.8, 4) is 0 Å². The van der Waals surface area contributed by atoms with Crippen LogP contribution in [0.4, 0.5) is 0 Å². The van der Waals surface area contributed by atoms with E-state index in [1.165, 1.54) is 19.9 Å². The van der Waals surface area contributed by atoms with Crippen molar-refractivity contribution in [3.05, 3.63) is 72.0 Å². The maximum absolute atomic E-state index is 14.2. The molecule has 1 aromatic carbocycles. The number of carboxylic acids is 2. The zero-order chi connectivity index (χ0) is 52.0. The standard InChI is InChI=1S/C47H70N10O12/c1-25(2)21-35-44(64)57-36(46(67)68)24-39(59)53-33(15-12-20-50-47(48)49)43(63)54-32(17-16-26(3)22-27(4)37(69-8)23-31-13-10-9-11-14-31)28(5)40(60)55-34(45(65)66)18-19-38(58)51-29(6)41(61)52-30(7)42(62)56-35/h9-11,13-14,16-17,22,25,27-28,30,32-37H,6,12,15,18-21,23-24H2,1-5,7-8H3,(H,51,58)(H,52,61)(H,53,59)(H,54,63)(H,55,60)(H,56,62)(H,57,64)(H,65,66)(H,67,68)(H4,48,49,50)/b17-16+,26-22+/t27-,28-,30+,32?,33?,34+,35-,36?,37-/m0/s1. The first kappa shape index (κ1) is 58.0. The average molecular weight is 967 g/mol. The minimum Gasteiger partial charge on any atom is -0.480 e.